The molecule has 0 unspecified atom stereocenters. The van der Waals surface area contributed by atoms with Crippen LogP contribution in [0.15, 0.2) is 54.6 Å². The van der Waals surface area contributed by atoms with E-state index in [1.165, 1.54) is 12.8 Å². The summed E-state index contributed by atoms with van der Waals surface area (Å²) in [5.41, 5.74) is 1.91. The molecule has 1 saturated heterocycles. The average molecular weight is 346 g/mol. The van der Waals surface area contributed by atoms with Crippen molar-refractivity contribution in [2.24, 2.45) is 0 Å². The van der Waals surface area contributed by atoms with E-state index in [0.717, 1.165) is 36.5 Å². The Morgan fingerprint density at radius 3 is 2.29 bits per heavy atom. The van der Waals surface area contributed by atoms with Crippen molar-refractivity contribution in [3.63, 3.8) is 0 Å². The van der Waals surface area contributed by atoms with Gasteiger partial charge in [0.1, 0.15) is 12.4 Å². The zero-order valence-corrected chi connectivity index (χ0v) is 14.6. The number of ketones is 1. The van der Waals surface area contributed by atoms with Gasteiger partial charge in [0.15, 0.2) is 5.78 Å². The van der Waals surface area contributed by atoms with Gasteiger partial charge in [-0.1, -0.05) is 30.3 Å². The zero-order chi connectivity index (χ0) is 15.9. The molecule has 1 heterocycles. The Kier molecular flexibility index (Phi) is 7.29. The van der Waals surface area contributed by atoms with Crippen molar-refractivity contribution in [1.82, 2.24) is 4.90 Å². The quantitative estimate of drug-likeness (QED) is 0.698. The number of likely N-dealkylation sites (tertiary alicyclic amines) is 1. The van der Waals surface area contributed by atoms with Gasteiger partial charge in [0.05, 0.1) is 0 Å². The number of benzene rings is 2. The maximum absolute atomic E-state index is 12.2. The molecule has 0 atom stereocenters. The van der Waals surface area contributed by atoms with Gasteiger partial charge >= 0.3 is 0 Å². The van der Waals surface area contributed by atoms with Crippen LogP contribution < -0.4 is 4.74 Å². The van der Waals surface area contributed by atoms with Crippen molar-refractivity contribution in [2.75, 3.05) is 19.6 Å². The summed E-state index contributed by atoms with van der Waals surface area (Å²) in [6.45, 7) is 3.70. The van der Waals surface area contributed by atoms with E-state index < -0.39 is 0 Å². The third-order valence-corrected chi connectivity index (χ3v) is 4.28. The second-order valence-electron chi connectivity index (χ2n) is 6.02. The molecule has 3 nitrogen and oxygen atoms in total. The van der Waals surface area contributed by atoms with Crippen molar-refractivity contribution >= 4 is 18.2 Å². The summed E-state index contributed by atoms with van der Waals surface area (Å²) in [6.07, 6.45) is 3.13. The topological polar surface area (TPSA) is 29.5 Å². The lowest BCUT2D eigenvalue weighted by Crippen LogP contribution is -2.22. The first-order valence-corrected chi connectivity index (χ1v) is 8.33. The summed E-state index contributed by atoms with van der Waals surface area (Å²) in [6, 6.07) is 17.6. The molecule has 128 valence electrons. The fourth-order valence-corrected chi connectivity index (χ4v) is 2.89. The van der Waals surface area contributed by atoms with Gasteiger partial charge in [-0.05, 0) is 55.8 Å². The molecule has 2 aromatic rings. The minimum atomic E-state index is 0. The molecule has 1 fully saturated rings. The molecule has 0 radical (unpaired) electrons. The monoisotopic (exact) mass is 345 g/mol. The first kappa shape index (κ1) is 18.5. The number of halogens is 1. The molecule has 0 aromatic heterocycles. The van der Waals surface area contributed by atoms with E-state index in [4.69, 9.17) is 4.74 Å². The van der Waals surface area contributed by atoms with Crippen molar-refractivity contribution < 1.29 is 9.53 Å². The van der Waals surface area contributed by atoms with Crippen LogP contribution in [0.2, 0.25) is 0 Å². The Balaban J connectivity index is 0.00000208. The lowest BCUT2D eigenvalue weighted by Gasteiger charge is -2.13. The van der Waals surface area contributed by atoms with Crippen LogP contribution in [0.1, 0.15) is 35.2 Å². The van der Waals surface area contributed by atoms with Gasteiger partial charge in [-0.3, -0.25) is 4.79 Å². The second kappa shape index (κ2) is 9.45. The molecule has 0 amide bonds. The van der Waals surface area contributed by atoms with Crippen LogP contribution in [-0.2, 0) is 6.61 Å². The van der Waals surface area contributed by atoms with E-state index in [0.29, 0.717) is 13.0 Å². The van der Waals surface area contributed by atoms with Crippen molar-refractivity contribution in [3.05, 3.63) is 65.7 Å². The van der Waals surface area contributed by atoms with Crippen LogP contribution >= 0.6 is 12.4 Å². The minimum absolute atomic E-state index is 0. The standard InChI is InChI=1S/C20H23NO2.ClH/c22-20(12-15-21-13-4-5-14-21)18-8-10-19(11-9-18)23-16-17-6-2-1-3-7-17;/h1-3,6-11H,4-5,12-16H2;1H. The normalized spacial score (nSPS) is 14.2. The molecule has 4 heteroatoms. The van der Waals surface area contributed by atoms with Gasteiger partial charge in [0.2, 0.25) is 0 Å². The highest BCUT2D eigenvalue weighted by molar-refractivity contribution is 5.96. The van der Waals surface area contributed by atoms with Gasteiger partial charge < -0.3 is 9.64 Å². The predicted octanol–water partition coefficient (Wildman–Crippen LogP) is 4.36. The SMILES string of the molecule is Cl.O=C(CCN1CCCC1)c1ccc(OCc2ccccc2)cc1. The first-order chi connectivity index (χ1) is 11.3. The Morgan fingerprint density at radius 1 is 0.958 bits per heavy atom. The summed E-state index contributed by atoms with van der Waals surface area (Å²) in [5, 5.41) is 0. The molecule has 2 aromatic carbocycles. The number of ether oxygens (including phenoxy) is 1. The lowest BCUT2D eigenvalue weighted by molar-refractivity contribution is 0.0969. The van der Waals surface area contributed by atoms with Crippen LogP contribution in [0.3, 0.4) is 0 Å². The molecule has 0 spiro atoms. The number of nitrogens with zero attached hydrogens (tertiary/aromatic N) is 1. The molecule has 1 aliphatic heterocycles. The third-order valence-electron chi connectivity index (χ3n) is 4.28. The minimum Gasteiger partial charge on any atom is -0.489 e. The molecular weight excluding hydrogens is 322 g/mol. The van der Waals surface area contributed by atoms with Crippen molar-refractivity contribution in [1.29, 1.82) is 0 Å². The van der Waals surface area contributed by atoms with E-state index >= 15 is 0 Å². The summed E-state index contributed by atoms with van der Waals surface area (Å²) >= 11 is 0. The molecule has 1 aliphatic rings. The third kappa shape index (κ3) is 5.36. The van der Waals surface area contributed by atoms with Crippen LogP contribution in [0.5, 0.6) is 5.75 Å². The first-order valence-electron chi connectivity index (χ1n) is 8.33. The number of carbonyl (C=O) groups is 1. The smallest absolute Gasteiger partial charge is 0.164 e. The Labute approximate surface area is 150 Å². The molecule has 24 heavy (non-hydrogen) atoms. The highest BCUT2D eigenvalue weighted by atomic mass is 35.5. The van der Waals surface area contributed by atoms with Crippen molar-refractivity contribution in [3.8, 4) is 5.75 Å². The van der Waals surface area contributed by atoms with Gasteiger partial charge in [0, 0.05) is 18.5 Å². The summed E-state index contributed by atoms with van der Waals surface area (Å²) in [7, 11) is 0. The predicted molar refractivity (Wildman–Crippen MR) is 99.1 cm³/mol. The van der Waals surface area contributed by atoms with Gasteiger partial charge in [0.25, 0.3) is 0 Å². The number of hydrogen-bond donors (Lipinski definition) is 0. The van der Waals surface area contributed by atoms with Crippen LogP contribution in [0, 0.1) is 0 Å². The molecule has 3 rings (SSSR count). The van der Waals surface area contributed by atoms with Gasteiger partial charge in [-0.15, -0.1) is 12.4 Å². The maximum atomic E-state index is 12.2. The largest absolute Gasteiger partial charge is 0.489 e. The molecule has 0 saturated carbocycles. The van der Waals surface area contributed by atoms with E-state index in [9.17, 15) is 4.79 Å². The Morgan fingerprint density at radius 2 is 1.62 bits per heavy atom. The zero-order valence-electron chi connectivity index (χ0n) is 13.8. The van der Waals surface area contributed by atoms with E-state index in [1.54, 1.807) is 0 Å². The maximum Gasteiger partial charge on any atom is 0.164 e. The number of hydrogen-bond acceptors (Lipinski definition) is 3. The molecular formula is C20H24ClNO2. The van der Waals surface area contributed by atoms with E-state index in [1.807, 2.05) is 54.6 Å². The molecule has 0 N–H and O–H groups in total. The Bertz CT molecular complexity index is 622. The number of rotatable bonds is 7. The molecule has 0 bridgehead atoms. The lowest BCUT2D eigenvalue weighted by atomic mass is 10.1. The molecule has 0 aliphatic carbocycles. The fraction of sp³-hybridized carbons (Fsp3) is 0.350. The van der Waals surface area contributed by atoms with Crippen LogP contribution in [-0.4, -0.2) is 30.3 Å². The summed E-state index contributed by atoms with van der Waals surface area (Å²) < 4.78 is 5.75. The van der Waals surface area contributed by atoms with E-state index in [2.05, 4.69) is 4.90 Å². The summed E-state index contributed by atoms with van der Waals surface area (Å²) in [4.78, 5) is 14.6. The second-order valence-corrected chi connectivity index (χ2v) is 6.02. The highest BCUT2D eigenvalue weighted by Crippen LogP contribution is 2.16. The number of Topliss-reactive ketones (excluding diaryl/α,β-unsaturated/α-hetero) is 1. The Hall–Kier alpha value is -1.84. The van der Waals surface area contributed by atoms with Crippen LogP contribution in [0.4, 0.5) is 0 Å². The number of carbonyl (C=O) groups excluding carboxylic acids is 1. The van der Waals surface area contributed by atoms with E-state index in [-0.39, 0.29) is 18.2 Å². The van der Waals surface area contributed by atoms with Crippen molar-refractivity contribution in [2.45, 2.75) is 25.9 Å². The fourth-order valence-electron chi connectivity index (χ4n) is 2.89. The van der Waals surface area contributed by atoms with Crippen LogP contribution in [0.25, 0.3) is 0 Å². The average Bonchev–Trinajstić information content (AvgIpc) is 3.13. The summed E-state index contributed by atoms with van der Waals surface area (Å²) in [5.74, 6) is 1.01. The highest BCUT2D eigenvalue weighted by Gasteiger charge is 2.13. The van der Waals surface area contributed by atoms with Gasteiger partial charge in [-0.2, -0.15) is 0 Å². The van der Waals surface area contributed by atoms with Gasteiger partial charge in [-0.25, -0.2) is 0 Å².